The highest BCUT2D eigenvalue weighted by molar-refractivity contribution is 7.22. The standard InChI is InChI=1S/C19H15F6N5O2S/c1-30-13-5-2-9(15(31)26-8-18(20,21)22)6-12(13)27-16(30)29-17-28-11-4-3-10(7-14(11)33-17)32-19(23,24)25/h2-7,16,27H,8H2,1H3,(H,26,31)(H,28,29). The number of benzene rings is 2. The van der Waals surface area contributed by atoms with Crippen LogP contribution >= 0.6 is 11.3 Å². The van der Waals surface area contributed by atoms with Crippen molar-refractivity contribution in [1.29, 1.82) is 0 Å². The lowest BCUT2D eigenvalue weighted by Crippen LogP contribution is -2.39. The number of hydrogen-bond acceptors (Lipinski definition) is 7. The maximum Gasteiger partial charge on any atom is 0.573 e. The number of aromatic nitrogens is 1. The van der Waals surface area contributed by atoms with Gasteiger partial charge in [0, 0.05) is 18.7 Å². The summed E-state index contributed by atoms with van der Waals surface area (Å²) in [6, 6.07) is 8.23. The van der Waals surface area contributed by atoms with Gasteiger partial charge >= 0.3 is 12.5 Å². The fraction of sp³-hybridized carbons (Fsp3) is 0.263. The van der Waals surface area contributed by atoms with Crippen molar-refractivity contribution in [2.45, 2.75) is 18.8 Å². The van der Waals surface area contributed by atoms with Gasteiger partial charge < -0.3 is 25.6 Å². The first-order valence-electron chi connectivity index (χ1n) is 9.29. The van der Waals surface area contributed by atoms with E-state index >= 15 is 0 Å². The first kappa shape index (κ1) is 22.8. The minimum atomic E-state index is -4.80. The number of thiazole rings is 1. The quantitative estimate of drug-likeness (QED) is 0.448. The largest absolute Gasteiger partial charge is 0.573 e. The molecule has 1 aliphatic rings. The summed E-state index contributed by atoms with van der Waals surface area (Å²) in [7, 11) is 1.74. The van der Waals surface area contributed by atoms with E-state index in [1.54, 1.807) is 18.0 Å². The van der Waals surface area contributed by atoms with E-state index in [9.17, 15) is 31.1 Å². The average molecular weight is 491 g/mol. The van der Waals surface area contributed by atoms with Crippen molar-refractivity contribution in [3.63, 3.8) is 0 Å². The predicted octanol–water partition coefficient (Wildman–Crippen LogP) is 4.74. The number of carbonyl (C=O) groups excluding carboxylic acids is 1. The molecule has 3 aromatic rings. The fourth-order valence-corrected chi connectivity index (χ4v) is 4.10. The number of nitrogens with zero attached hydrogens (tertiary/aromatic N) is 2. The number of carbonyl (C=O) groups is 1. The summed E-state index contributed by atoms with van der Waals surface area (Å²) < 4.78 is 78.7. The third-order valence-electron chi connectivity index (χ3n) is 4.62. The predicted molar refractivity (Wildman–Crippen MR) is 111 cm³/mol. The number of ether oxygens (including phenoxy) is 1. The van der Waals surface area contributed by atoms with Gasteiger partial charge in [-0.25, -0.2) is 4.98 Å². The van der Waals surface area contributed by atoms with Crippen molar-refractivity contribution in [2.24, 2.45) is 0 Å². The molecule has 14 heteroatoms. The van der Waals surface area contributed by atoms with Crippen LogP contribution in [0.25, 0.3) is 10.2 Å². The van der Waals surface area contributed by atoms with Crippen LogP contribution in [0.4, 0.5) is 42.8 Å². The van der Waals surface area contributed by atoms with Gasteiger partial charge in [-0.2, -0.15) is 13.2 Å². The van der Waals surface area contributed by atoms with Crippen LogP contribution in [0.1, 0.15) is 10.4 Å². The Labute approximate surface area is 186 Å². The number of amides is 1. The third-order valence-corrected chi connectivity index (χ3v) is 5.57. The zero-order valence-electron chi connectivity index (χ0n) is 16.6. The topological polar surface area (TPSA) is 78.5 Å². The minimum absolute atomic E-state index is 0.0525. The van der Waals surface area contributed by atoms with Gasteiger partial charge in [-0.15, -0.1) is 13.2 Å². The molecule has 1 aromatic heterocycles. The Morgan fingerprint density at radius 3 is 2.64 bits per heavy atom. The summed E-state index contributed by atoms with van der Waals surface area (Å²) in [6.45, 7) is -1.44. The van der Waals surface area contributed by atoms with E-state index in [0.29, 0.717) is 26.7 Å². The molecule has 7 nitrogen and oxygen atoms in total. The summed E-state index contributed by atoms with van der Waals surface area (Å²) in [6.07, 6.45) is -9.85. The van der Waals surface area contributed by atoms with Gasteiger partial charge in [-0.1, -0.05) is 11.3 Å². The Morgan fingerprint density at radius 1 is 1.18 bits per heavy atom. The molecule has 2 aromatic carbocycles. The van der Waals surface area contributed by atoms with Gasteiger partial charge in [0.1, 0.15) is 12.3 Å². The molecule has 176 valence electrons. The summed E-state index contributed by atoms with van der Waals surface area (Å²) in [5.41, 5.74) is 1.72. The molecule has 4 rings (SSSR count). The van der Waals surface area contributed by atoms with Crippen molar-refractivity contribution in [3.05, 3.63) is 42.0 Å². The first-order valence-corrected chi connectivity index (χ1v) is 10.1. The number of nitrogens with one attached hydrogen (secondary N) is 3. The van der Waals surface area contributed by atoms with Gasteiger partial charge in [-0.05, 0) is 30.3 Å². The Hall–Kier alpha value is -3.42. The maximum atomic E-state index is 12.4. The average Bonchev–Trinajstić information content (AvgIpc) is 3.24. The van der Waals surface area contributed by atoms with Gasteiger partial charge in [0.2, 0.25) is 0 Å². The summed E-state index contributed by atoms with van der Waals surface area (Å²) in [5.74, 6) is -1.22. The van der Waals surface area contributed by atoms with E-state index in [2.05, 4.69) is 20.4 Å². The molecule has 1 unspecified atom stereocenters. The number of rotatable bonds is 5. The summed E-state index contributed by atoms with van der Waals surface area (Å²) >= 11 is 1.12. The highest BCUT2D eigenvalue weighted by atomic mass is 32.1. The maximum absolute atomic E-state index is 12.4. The molecular weight excluding hydrogens is 476 g/mol. The van der Waals surface area contributed by atoms with E-state index in [0.717, 1.165) is 11.3 Å². The van der Waals surface area contributed by atoms with Crippen molar-refractivity contribution in [2.75, 3.05) is 29.1 Å². The lowest BCUT2D eigenvalue weighted by atomic mass is 10.1. The van der Waals surface area contributed by atoms with E-state index in [-0.39, 0.29) is 11.3 Å². The Balaban J connectivity index is 1.46. The second kappa shape index (κ2) is 8.17. The van der Waals surface area contributed by atoms with Gasteiger partial charge in [0.15, 0.2) is 11.4 Å². The Bertz CT molecular complexity index is 1200. The highest BCUT2D eigenvalue weighted by Crippen LogP contribution is 2.36. The molecule has 0 radical (unpaired) electrons. The van der Waals surface area contributed by atoms with Crippen molar-refractivity contribution < 1.29 is 35.9 Å². The number of hydrogen-bond donors (Lipinski definition) is 3. The van der Waals surface area contributed by atoms with Gasteiger partial charge in [0.05, 0.1) is 21.6 Å². The zero-order chi connectivity index (χ0) is 24.0. The molecule has 1 aliphatic heterocycles. The SMILES string of the molecule is CN1c2ccc(C(=O)NCC(F)(F)F)cc2NC1Nc1nc2ccc(OC(F)(F)F)cc2s1. The second-order valence-corrected chi connectivity index (χ2v) is 8.06. The normalized spacial score (nSPS) is 15.8. The minimum Gasteiger partial charge on any atom is -0.406 e. The molecule has 33 heavy (non-hydrogen) atoms. The second-order valence-electron chi connectivity index (χ2n) is 7.03. The van der Waals surface area contributed by atoms with Crippen LogP contribution in [0.2, 0.25) is 0 Å². The van der Waals surface area contributed by atoms with Crippen LogP contribution in [0.3, 0.4) is 0 Å². The van der Waals surface area contributed by atoms with Crippen LogP contribution in [0, 0.1) is 0 Å². The lowest BCUT2D eigenvalue weighted by molar-refractivity contribution is -0.274. The number of alkyl halides is 6. The van der Waals surface area contributed by atoms with Gasteiger partial charge in [-0.3, -0.25) is 4.79 Å². The molecule has 0 bridgehead atoms. The fourth-order valence-electron chi connectivity index (χ4n) is 3.18. The molecular formula is C19H15F6N5O2S. The van der Waals surface area contributed by atoms with Gasteiger partial charge in [0.25, 0.3) is 5.91 Å². The van der Waals surface area contributed by atoms with Crippen molar-refractivity contribution in [3.8, 4) is 5.75 Å². The molecule has 0 spiro atoms. The molecule has 0 aliphatic carbocycles. The van der Waals surface area contributed by atoms with E-state index < -0.39 is 31.3 Å². The van der Waals surface area contributed by atoms with Crippen molar-refractivity contribution in [1.82, 2.24) is 10.3 Å². The number of halogens is 6. The van der Waals surface area contributed by atoms with Crippen LogP contribution < -0.4 is 25.6 Å². The molecule has 0 saturated heterocycles. The summed E-state index contributed by atoms with van der Waals surface area (Å²) in [4.78, 5) is 18.1. The van der Waals surface area contributed by atoms with E-state index in [1.165, 1.54) is 30.3 Å². The highest BCUT2D eigenvalue weighted by Gasteiger charge is 2.32. The monoisotopic (exact) mass is 491 g/mol. The van der Waals surface area contributed by atoms with Crippen LogP contribution in [-0.2, 0) is 0 Å². The molecule has 1 amide bonds. The Kier molecular flexibility index (Phi) is 5.64. The van der Waals surface area contributed by atoms with Crippen LogP contribution in [0.15, 0.2) is 36.4 Å². The first-order chi connectivity index (χ1) is 15.4. The third kappa shape index (κ3) is 5.32. The Morgan fingerprint density at radius 2 is 1.94 bits per heavy atom. The van der Waals surface area contributed by atoms with Crippen LogP contribution in [-0.4, -0.2) is 43.3 Å². The smallest absolute Gasteiger partial charge is 0.406 e. The van der Waals surface area contributed by atoms with E-state index in [4.69, 9.17) is 0 Å². The number of fused-ring (bicyclic) bond motifs is 2. The van der Waals surface area contributed by atoms with E-state index in [1.807, 2.05) is 5.32 Å². The molecule has 3 N–H and O–H groups in total. The molecule has 0 fully saturated rings. The molecule has 2 heterocycles. The lowest BCUT2D eigenvalue weighted by Gasteiger charge is -2.22. The van der Waals surface area contributed by atoms with Crippen LogP contribution in [0.5, 0.6) is 5.75 Å². The summed E-state index contributed by atoms with van der Waals surface area (Å²) in [5, 5.41) is 8.42. The molecule has 0 saturated carbocycles. The molecule has 1 atom stereocenters. The van der Waals surface area contributed by atoms with Crippen molar-refractivity contribution >= 4 is 44.0 Å². The number of anilines is 3. The zero-order valence-corrected chi connectivity index (χ0v) is 17.5.